The number of methoxy groups -OCH3 is 2. The van der Waals surface area contributed by atoms with Crippen molar-refractivity contribution >= 4 is 45.5 Å². The molecule has 0 aliphatic rings. The molecule has 6 heteroatoms. The summed E-state index contributed by atoms with van der Waals surface area (Å²) in [4.78, 5) is 0. The fraction of sp³-hybridized carbons (Fsp3) is 0.231. The number of halogens is 3. The molecule has 0 radical (unpaired) electrons. The SMILES string of the molecule is COc1cc(F)c(C(Cl)c2csc(I)c2)cc1OC. The topological polar surface area (TPSA) is 18.5 Å². The highest BCUT2D eigenvalue weighted by Crippen LogP contribution is 2.38. The second-order valence-electron chi connectivity index (χ2n) is 3.78. The highest BCUT2D eigenvalue weighted by atomic mass is 127. The van der Waals surface area contributed by atoms with Crippen LogP contribution in [0.2, 0.25) is 0 Å². The van der Waals surface area contributed by atoms with Crippen LogP contribution >= 0.6 is 45.5 Å². The monoisotopic (exact) mass is 412 g/mol. The van der Waals surface area contributed by atoms with Crippen molar-refractivity contribution in [3.05, 3.63) is 43.4 Å². The van der Waals surface area contributed by atoms with E-state index in [1.807, 2.05) is 11.4 Å². The van der Waals surface area contributed by atoms with Crippen LogP contribution in [0.5, 0.6) is 11.5 Å². The summed E-state index contributed by atoms with van der Waals surface area (Å²) in [6.45, 7) is 0. The lowest BCUT2D eigenvalue weighted by atomic mass is 10.1. The molecule has 2 rings (SSSR count). The first kappa shape index (κ1) is 14.9. The van der Waals surface area contributed by atoms with Crippen LogP contribution in [0.3, 0.4) is 0 Å². The molecule has 102 valence electrons. The maximum absolute atomic E-state index is 14.1. The molecule has 0 saturated carbocycles. The molecule has 0 saturated heterocycles. The van der Waals surface area contributed by atoms with E-state index in [0.717, 1.165) is 8.45 Å². The van der Waals surface area contributed by atoms with Crippen molar-refractivity contribution in [2.24, 2.45) is 0 Å². The molecule has 1 aromatic carbocycles. The van der Waals surface area contributed by atoms with Crippen molar-refractivity contribution in [3.8, 4) is 11.5 Å². The third kappa shape index (κ3) is 3.14. The van der Waals surface area contributed by atoms with E-state index >= 15 is 0 Å². The first-order chi connectivity index (χ1) is 9.06. The van der Waals surface area contributed by atoms with Gasteiger partial charge in [-0.2, -0.15) is 0 Å². The zero-order chi connectivity index (χ0) is 14.0. The number of thiophene rings is 1. The lowest BCUT2D eigenvalue weighted by Gasteiger charge is -2.14. The second kappa shape index (κ2) is 6.28. The van der Waals surface area contributed by atoms with Gasteiger partial charge in [-0.1, -0.05) is 0 Å². The fourth-order valence-electron chi connectivity index (χ4n) is 1.70. The van der Waals surface area contributed by atoms with Crippen LogP contribution in [0.25, 0.3) is 0 Å². The Bertz CT molecular complexity index is 588. The Hall–Kier alpha value is -0.530. The van der Waals surface area contributed by atoms with E-state index in [1.165, 1.54) is 20.3 Å². The summed E-state index contributed by atoms with van der Waals surface area (Å²) in [5.41, 5.74) is 1.26. The van der Waals surface area contributed by atoms with Gasteiger partial charge in [-0.3, -0.25) is 0 Å². The first-order valence-electron chi connectivity index (χ1n) is 5.36. The fourth-order valence-corrected chi connectivity index (χ4v) is 3.47. The lowest BCUT2D eigenvalue weighted by molar-refractivity contribution is 0.351. The molecule has 0 spiro atoms. The summed E-state index contributed by atoms with van der Waals surface area (Å²) in [5.74, 6) is 0.417. The number of hydrogen-bond acceptors (Lipinski definition) is 3. The highest BCUT2D eigenvalue weighted by molar-refractivity contribution is 14.1. The molecule has 1 unspecified atom stereocenters. The van der Waals surface area contributed by atoms with Gasteiger partial charge in [-0.05, 0) is 45.7 Å². The lowest BCUT2D eigenvalue weighted by Crippen LogP contribution is -1.99. The Kier molecular flexibility index (Phi) is 4.92. The van der Waals surface area contributed by atoms with E-state index < -0.39 is 11.2 Å². The molecule has 1 aromatic heterocycles. The minimum absolute atomic E-state index is 0.354. The van der Waals surface area contributed by atoms with E-state index in [-0.39, 0.29) is 0 Å². The molecule has 1 heterocycles. The predicted molar refractivity (Wildman–Crippen MR) is 84.2 cm³/mol. The van der Waals surface area contributed by atoms with Gasteiger partial charge in [0.1, 0.15) is 5.82 Å². The Morgan fingerprint density at radius 1 is 1.21 bits per heavy atom. The van der Waals surface area contributed by atoms with Crippen LogP contribution in [0.4, 0.5) is 4.39 Å². The van der Waals surface area contributed by atoms with Crippen molar-refractivity contribution < 1.29 is 13.9 Å². The minimum atomic E-state index is -0.542. The molecular formula is C13H11ClFIO2S. The summed E-state index contributed by atoms with van der Waals surface area (Å²) in [6, 6.07) is 4.82. The summed E-state index contributed by atoms with van der Waals surface area (Å²) in [5, 5.41) is 1.38. The van der Waals surface area contributed by atoms with Crippen molar-refractivity contribution in [1.82, 2.24) is 0 Å². The number of benzene rings is 1. The number of ether oxygens (including phenoxy) is 2. The van der Waals surface area contributed by atoms with Gasteiger partial charge >= 0.3 is 0 Å². The van der Waals surface area contributed by atoms with Crippen molar-refractivity contribution in [3.63, 3.8) is 0 Å². The molecule has 0 amide bonds. The Labute approximate surface area is 133 Å². The predicted octanol–water partition coefficient (Wildman–Crippen LogP) is 4.84. The van der Waals surface area contributed by atoms with Gasteiger partial charge in [0.15, 0.2) is 11.5 Å². The van der Waals surface area contributed by atoms with Crippen molar-refractivity contribution in [2.75, 3.05) is 14.2 Å². The van der Waals surface area contributed by atoms with Gasteiger partial charge in [-0.25, -0.2) is 4.39 Å². The standard InChI is InChI=1S/C13H11ClFIO2S/c1-17-10-4-8(9(15)5-11(10)18-2)13(14)7-3-12(16)19-6-7/h3-6,13H,1-2H3. The third-order valence-corrected chi connectivity index (χ3v) is 4.95. The average Bonchev–Trinajstić information content (AvgIpc) is 2.84. The van der Waals surface area contributed by atoms with E-state index in [9.17, 15) is 4.39 Å². The molecule has 0 fully saturated rings. The van der Waals surface area contributed by atoms with Crippen LogP contribution in [-0.2, 0) is 0 Å². The molecule has 0 aliphatic heterocycles. The van der Waals surface area contributed by atoms with Crippen LogP contribution in [0.1, 0.15) is 16.5 Å². The summed E-state index contributed by atoms with van der Waals surface area (Å²) in [7, 11) is 2.98. The normalized spacial score (nSPS) is 12.3. The van der Waals surface area contributed by atoms with Crippen LogP contribution in [-0.4, -0.2) is 14.2 Å². The Balaban J connectivity index is 2.44. The van der Waals surface area contributed by atoms with Crippen LogP contribution < -0.4 is 9.47 Å². The van der Waals surface area contributed by atoms with E-state index in [2.05, 4.69) is 22.6 Å². The smallest absolute Gasteiger partial charge is 0.163 e. The van der Waals surface area contributed by atoms with Gasteiger partial charge < -0.3 is 9.47 Å². The largest absolute Gasteiger partial charge is 0.493 e. The molecular weight excluding hydrogens is 402 g/mol. The third-order valence-electron chi connectivity index (χ3n) is 2.66. The highest BCUT2D eigenvalue weighted by Gasteiger charge is 2.20. The van der Waals surface area contributed by atoms with Crippen molar-refractivity contribution in [2.45, 2.75) is 5.38 Å². The summed E-state index contributed by atoms with van der Waals surface area (Å²) in [6.07, 6.45) is 0. The summed E-state index contributed by atoms with van der Waals surface area (Å²) >= 11 is 10.1. The van der Waals surface area contributed by atoms with E-state index in [1.54, 1.807) is 17.4 Å². The Morgan fingerprint density at radius 3 is 2.37 bits per heavy atom. The maximum atomic E-state index is 14.1. The second-order valence-corrected chi connectivity index (χ2v) is 7.02. The van der Waals surface area contributed by atoms with E-state index in [0.29, 0.717) is 17.1 Å². The zero-order valence-electron chi connectivity index (χ0n) is 10.2. The summed E-state index contributed by atoms with van der Waals surface area (Å²) < 4.78 is 25.4. The first-order valence-corrected chi connectivity index (χ1v) is 7.75. The van der Waals surface area contributed by atoms with Gasteiger partial charge in [-0.15, -0.1) is 22.9 Å². The van der Waals surface area contributed by atoms with Gasteiger partial charge in [0.05, 0.1) is 22.5 Å². The van der Waals surface area contributed by atoms with Crippen LogP contribution in [0.15, 0.2) is 23.6 Å². The molecule has 1 atom stereocenters. The molecule has 0 N–H and O–H groups in total. The van der Waals surface area contributed by atoms with Crippen LogP contribution in [0, 0.1) is 8.70 Å². The number of alkyl halides is 1. The van der Waals surface area contributed by atoms with Gasteiger partial charge in [0.2, 0.25) is 0 Å². The maximum Gasteiger partial charge on any atom is 0.163 e. The average molecular weight is 413 g/mol. The quantitative estimate of drug-likeness (QED) is 0.529. The van der Waals surface area contributed by atoms with E-state index in [4.69, 9.17) is 21.1 Å². The number of rotatable bonds is 4. The number of hydrogen-bond donors (Lipinski definition) is 0. The molecule has 2 aromatic rings. The molecule has 0 aliphatic carbocycles. The molecule has 19 heavy (non-hydrogen) atoms. The molecule has 0 bridgehead atoms. The minimum Gasteiger partial charge on any atom is -0.493 e. The van der Waals surface area contributed by atoms with Gasteiger partial charge in [0, 0.05) is 11.6 Å². The molecule has 2 nitrogen and oxygen atoms in total. The zero-order valence-corrected chi connectivity index (χ0v) is 14.0. The van der Waals surface area contributed by atoms with Gasteiger partial charge in [0.25, 0.3) is 0 Å². The van der Waals surface area contributed by atoms with Crippen molar-refractivity contribution in [1.29, 1.82) is 0 Å². The Morgan fingerprint density at radius 2 is 1.84 bits per heavy atom.